The second kappa shape index (κ2) is 7.45. The Kier molecular flexibility index (Phi) is 5.61. The van der Waals surface area contributed by atoms with Crippen molar-refractivity contribution in [2.24, 2.45) is 0 Å². The summed E-state index contributed by atoms with van der Waals surface area (Å²) in [5.41, 5.74) is 1.17. The summed E-state index contributed by atoms with van der Waals surface area (Å²) in [5, 5.41) is 3.01. The number of hydrogen-bond donors (Lipinski definition) is 1. The molecule has 1 amide bonds. The predicted octanol–water partition coefficient (Wildman–Crippen LogP) is 3.88. The Balaban J connectivity index is 1.83. The maximum atomic E-state index is 12.2. The number of benzene rings is 1. The molecule has 4 heteroatoms. The van der Waals surface area contributed by atoms with Gasteiger partial charge in [0.15, 0.2) is 6.10 Å². The van der Waals surface area contributed by atoms with Crippen LogP contribution < -0.4 is 10.1 Å². The molecule has 1 N–H and O–H groups in total. The van der Waals surface area contributed by atoms with Gasteiger partial charge in [-0.1, -0.05) is 17.7 Å². The van der Waals surface area contributed by atoms with Gasteiger partial charge in [-0.15, -0.1) is 11.3 Å². The van der Waals surface area contributed by atoms with Crippen LogP contribution in [0.4, 0.5) is 0 Å². The van der Waals surface area contributed by atoms with Gasteiger partial charge >= 0.3 is 0 Å². The van der Waals surface area contributed by atoms with Crippen molar-refractivity contribution in [2.45, 2.75) is 46.3 Å². The van der Waals surface area contributed by atoms with E-state index in [9.17, 15) is 4.79 Å². The van der Waals surface area contributed by atoms with Crippen molar-refractivity contribution >= 4 is 17.2 Å². The summed E-state index contributed by atoms with van der Waals surface area (Å²) >= 11 is 1.77. The first kappa shape index (κ1) is 16.6. The molecule has 0 aliphatic rings. The minimum atomic E-state index is -0.504. The van der Waals surface area contributed by atoms with Crippen LogP contribution >= 0.6 is 11.3 Å². The lowest BCUT2D eigenvalue weighted by Gasteiger charge is -2.18. The van der Waals surface area contributed by atoms with Gasteiger partial charge in [-0.25, -0.2) is 0 Å². The second-order valence-electron chi connectivity index (χ2n) is 5.70. The molecular weight excluding hydrogens is 294 g/mol. The number of nitrogens with one attached hydrogen (secondary N) is 1. The second-order valence-corrected chi connectivity index (χ2v) is 7.07. The van der Waals surface area contributed by atoms with Crippen molar-refractivity contribution in [3.8, 4) is 5.75 Å². The van der Waals surface area contributed by atoms with Crippen LogP contribution in [0.3, 0.4) is 0 Å². The van der Waals surface area contributed by atoms with E-state index in [0.29, 0.717) is 0 Å². The van der Waals surface area contributed by atoms with E-state index in [1.165, 1.54) is 15.3 Å². The highest BCUT2D eigenvalue weighted by Gasteiger charge is 2.17. The van der Waals surface area contributed by atoms with Crippen LogP contribution in [0.1, 0.15) is 29.2 Å². The lowest BCUT2D eigenvalue weighted by atomic mass is 10.2. The van der Waals surface area contributed by atoms with Gasteiger partial charge in [0.1, 0.15) is 5.75 Å². The van der Waals surface area contributed by atoms with Crippen molar-refractivity contribution in [1.29, 1.82) is 0 Å². The fourth-order valence-electron chi connectivity index (χ4n) is 2.18. The summed E-state index contributed by atoms with van der Waals surface area (Å²) in [6.07, 6.45) is 0.344. The Morgan fingerprint density at radius 1 is 1.14 bits per heavy atom. The first-order valence-electron chi connectivity index (χ1n) is 7.53. The molecule has 0 saturated carbocycles. The van der Waals surface area contributed by atoms with Gasteiger partial charge in [0, 0.05) is 22.2 Å². The number of carbonyl (C=O) groups excluding carboxylic acids is 1. The van der Waals surface area contributed by atoms with E-state index < -0.39 is 6.10 Å². The number of thiophene rings is 1. The molecule has 0 fully saturated rings. The monoisotopic (exact) mass is 317 g/mol. The molecule has 2 rings (SSSR count). The van der Waals surface area contributed by atoms with Gasteiger partial charge in [0.05, 0.1) is 0 Å². The zero-order valence-electron chi connectivity index (χ0n) is 13.6. The number of carbonyl (C=O) groups is 1. The summed E-state index contributed by atoms with van der Waals surface area (Å²) in [4.78, 5) is 14.8. The number of amides is 1. The van der Waals surface area contributed by atoms with Crippen LogP contribution in [0, 0.1) is 13.8 Å². The van der Waals surface area contributed by atoms with Crippen molar-refractivity contribution in [1.82, 2.24) is 5.32 Å². The zero-order chi connectivity index (χ0) is 16.1. The van der Waals surface area contributed by atoms with Crippen molar-refractivity contribution in [2.75, 3.05) is 0 Å². The maximum Gasteiger partial charge on any atom is 0.260 e. The minimum Gasteiger partial charge on any atom is -0.481 e. The topological polar surface area (TPSA) is 38.3 Å². The Morgan fingerprint density at radius 3 is 2.41 bits per heavy atom. The highest BCUT2D eigenvalue weighted by molar-refractivity contribution is 7.11. The Labute approximate surface area is 136 Å². The lowest BCUT2D eigenvalue weighted by molar-refractivity contribution is -0.127. The fourth-order valence-corrected chi connectivity index (χ4v) is 3.20. The summed E-state index contributed by atoms with van der Waals surface area (Å²) < 4.78 is 5.68. The third-order valence-electron chi connectivity index (χ3n) is 3.40. The molecule has 22 heavy (non-hydrogen) atoms. The van der Waals surface area contributed by atoms with Gasteiger partial charge in [0.2, 0.25) is 0 Å². The molecule has 118 valence electrons. The van der Waals surface area contributed by atoms with Crippen molar-refractivity contribution in [3.63, 3.8) is 0 Å². The standard InChI is InChI=1S/C18H23NO2S/c1-12-5-8-16(9-6-12)21-15(4)18(20)19-13(2)11-17-10-7-14(3)22-17/h5-10,13,15H,11H2,1-4H3,(H,19,20). The normalized spacial score (nSPS) is 13.5. The number of hydrogen-bond acceptors (Lipinski definition) is 3. The molecule has 1 heterocycles. The third kappa shape index (κ3) is 4.88. The van der Waals surface area contributed by atoms with E-state index in [4.69, 9.17) is 4.74 Å². The average Bonchev–Trinajstić information content (AvgIpc) is 2.86. The van der Waals surface area contributed by atoms with E-state index >= 15 is 0 Å². The SMILES string of the molecule is Cc1ccc(OC(C)C(=O)NC(C)Cc2ccc(C)s2)cc1. The quantitative estimate of drug-likeness (QED) is 0.878. The van der Waals surface area contributed by atoms with E-state index in [1.807, 2.05) is 38.1 Å². The molecule has 2 aromatic rings. The van der Waals surface area contributed by atoms with Crippen LogP contribution in [-0.4, -0.2) is 18.1 Å². The highest BCUT2D eigenvalue weighted by atomic mass is 32.1. The largest absolute Gasteiger partial charge is 0.481 e. The molecule has 0 aliphatic carbocycles. The molecule has 1 aromatic heterocycles. The molecule has 3 nitrogen and oxygen atoms in total. The third-order valence-corrected chi connectivity index (χ3v) is 4.42. The molecule has 2 atom stereocenters. The first-order chi connectivity index (χ1) is 10.4. The number of aryl methyl sites for hydroxylation is 2. The van der Waals surface area contributed by atoms with Gasteiger partial charge < -0.3 is 10.1 Å². The summed E-state index contributed by atoms with van der Waals surface area (Å²) in [6, 6.07) is 12.0. The Bertz CT molecular complexity index is 618. The van der Waals surface area contributed by atoms with E-state index in [1.54, 1.807) is 18.3 Å². The van der Waals surface area contributed by atoms with Crippen LogP contribution in [0.15, 0.2) is 36.4 Å². The summed E-state index contributed by atoms with van der Waals surface area (Å²) in [5.74, 6) is 0.635. The molecule has 0 aliphatic heterocycles. The molecule has 0 saturated heterocycles. The lowest BCUT2D eigenvalue weighted by Crippen LogP contribution is -2.42. The predicted molar refractivity (Wildman–Crippen MR) is 91.6 cm³/mol. The maximum absolute atomic E-state index is 12.2. The van der Waals surface area contributed by atoms with Crippen LogP contribution in [0.5, 0.6) is 5.75 Å². The zero-order valence-corrected chi connectivity index (χ0v) is 14.4. The van der Waals surface area contributed by atoms with Gasteiger partial charge in [-0.2, -0.15) is 0 Å². The molecule has 0 radical (unpaired) electrons. The molecular formula is C18H23NO2S. The smallest absolute Gasteiger partial charge is 0.260 e. The fraction of sp³-hybridized carbons (Fsp3) is 0.389. The molecule has 0 bridgehead atoms. The molecule has 2 unspecified atom stereocenters. The van der Waals surface area contributed by atoms with Gasteiger partial charge in [0.25, 0.3) is 5.91 Å². The Morgan fingerprint density at radius 2 is 1.82 bits per heavy atom. The van der Waals surface area contributed by atoms with E-state index in [-0.39, 0.29) is 11.9 Å². The van der Waals surface area contributed by atoms with E-state index in [0.717, 1.165) is 12.2 Å². The number of ether oxygens (including phenoxy) is 1. The van der Waals surface area contributed by atoms with Crippen LogP contribution in [0.25, 0.3) is 0 Å². The number of rotatable bonds is 6. The average molecular weight is 317 g/mol. The van der Waals surface area contributed by atoms with Crippen molar-refractivity contribution in [3.05, 3.63) is 51.7 Å². The van der Waals surface area contributed by atoms with Crippen LogP contribution in [0.2, 0.25) is 0 Å². The summed E-state index contributed by atoms with van der Waals surface area (Å²) in [7, 11) is 0. The van der Waals surface area contributed by atoms with E-state index in [2.05, 4.69) is 24.4 Å². The van der Waals surface area contributed by atoms with Gasteiger partial charge in [-0.3, -0.25) is 4.79 Å². The molecule has 1 aromatic carbocycles. The van der Waals surface area contributed by atoms with Crippen LogP contribution in [-0.2, 0) is 11.2 Å². The highest BCUT2D eigenvalue weighted by Crippen LogP contribution is 2.17. The first-order valence-corrected chi connectivity index (χ1v) is 8.34. The minimum absolute atomic E-state index is 0.0821. The molecule has 0 spiro atoms. The van der Waals surface area contributed by atoms with Crippen molar-refractivity contribution < 1.29 is 9.53 Å². The Hall–Kier alpha value is -1.81. The van der Waals surface area contributed by atoms with Gasteiger partial charge in [-0.05, 0) is 52.0 Å². The summed E-state index contributed by atoms with van der Waals surface area (Å²) in [6.45, 7) is 7.91.